The molecule has 0 spiro atoms. The normalized spacial score (nSPS) is 11.7. The van der Waals surface area contributed by atoms with Crippen LogP contribution in [0.3, 0.4) is 0 Å². The fourth-order valence-electron chi connectivity index (χ4n) is 2.70. The Kier molecular flexibility index (Phi) is 7.04. The minimum atomic E-state index is -0.667. The summed E-state index contributed by atoms with van der Waals surface area (Å²) in [5, 5.41) is 8.98. The van der Waals surface area contributed by atoms with Crippen LogP contribution in [-0.4, -0.2) is 12.6 Å². The van der Waals surface area contributed by atoms with Crippen molar-refractivity contribution >= 4 is 5.97 Å². The van der Waals surface area contributed by atoms with Gasteiger partial charge in [0.2, 0.25) is 0 Å². The molecule has 0 bridgehead atoms. The van der Waals surface area contributed by atoms with Crippen LogP contribution in [0.4, 0.5) is 0 Å². The number of benzene rings is 2. The van der Waals surface area contributed by atoms with E-state index < -0.39 is 11.9 Å². The number of nitrogens with zero attached hydrogens (tertiary/aromatic N) is 1. The molecule has 0 fully saturated rings. The van der Waals surface area contributed by atoms with Gasteiger partial charge < -0.3 is 4.74 Å². The minimum Gasteiger partial charge on any atom is -0.464 e. The molecular weight excluding hydrogens is 298 g/mol. The van der Waals surface area contributed by atoms with Crippen LogP contribution in [0.25, 0.3) is 0 Å². The molecule has 0 saturated heterocycles. The first-order valence-electron chi connectivity index (χ1n) is 8.37. The van der Waals surface area contributed by atoms with Crippen LogP contribution in [0.5, 0.6) is 0 Å². The highest BCUT2D eigenvalue weighted by Crippen LogP contribution is 2.16. The zero-order valence-corrected chi connectivity index (χ0v) is 14.0. The van der Waals surface area contributed by atoms with Crippen molar-refractivity contribution < 1.29 is 9.53 Å². The predicted molar refractivity (Wildman–Crippen MR) is 94.1 cm³/mol. The summed E-state index contributed by atoms with van der Waals surface area (Å²) in [5.74, 6) is -0.889. The summed E-state index contributed by atoms with van der Waals surface area (Å²) in [6, 6.07) is 22.4. The van der Waals surface area contributed by atoms with Crippen molar-refractivity contribution in [3.05, 3.63) is 71.8 Å². The molecular formula is C21H23NO2. The second-order valence-electron chi connectivity index (χ2n) is 5.97. The zero-order chi connectivity index (χ0) is 17.2. The molecule has 0 amide bonds. The molecule has 3 heteroatoms. The number of esters is 1. The molecule has 0 aliphatic carbocycles. The SMILES string of the molecule is CCC(C#N)C(=O)OCC(Cc1ccccc1)Cc1ccccc1. The lowest BCUT2D eigenvalue weighted by Gasteiger charge is -2.18. The average molecular weight is 321 g/mol. The molecule has 124 valence electrons. The van der Waals surface area contributed by atoms with Crippen molar-refractivity contribution in [3.8, 4) is 6.07 Å². The predicted octanol–water partition coefficient (Wildman–Crippen LogP) is 4.18. The van der Waals surface area contributed by atoms with Crippen molar-refractivity contribution in [2.75, 3.05) is 6.61 Å². The fraction of sp³-hybridized carbons (Fsp3) is 0.333. The highest BCUT2D eigenvalue weighted by Gasteiger charge is 2.20. The van der Waals surface area contributed by atoms with Crippen LogP contribution in [0, 0.1) is 23.2 Å². The monoisotopic (exact) mass is 321 g/mol. The number of ether oxygens (including phenoxy) is 1. The summed E-state index contributed by atoms with van der Waals surface area (Å²) in [6.45, 7) is 2.15. The molecule has 0 N–H and O–H groups in total. The van der Waals surface area contributed by atoms with Gasteiger partial charge in [-0.15, -0.1) is 0 Å². The van der Waals surface area contributed by atoms with Gasteiger partial charge in [0.1, 0.15) is 5.92 Å². The van der Waals surface area contributed by atoms with E-state index in [1.165, 1.54) is 11.1 Å². The molecule has 1 atom stereocenters. The highest BCUT2D eigenvalue weighted by atomic mass is 16.5. The molecule has 0 heterocycles. The minimum absolute atomic E-state index is 0.190. The molecule has 0 aliphatic rings. The van der Waals surface area contributed by atoms with Crippen molar-refractivity contribution in [2.45, 2.75) is 26.2 Å². The van der Waals surface area contributed by atoms with E-state index in [2.05, 4.69) is 24.3 Å². The summed E-state index contributed by atoms with van der Waals surface area (Å²) in [4.78, 5) is 12.0. The summed E-state index contributed by atoms with van der Waals surface area (Å²) < 4.78 is 5.43. The van der Waals surface area contributed by atoms with Gasteiger partial charge in [0.05, 0.1) is 12.7 Å². The van der Waals surface area contributed by atoms with Crippen molar-refractivity contribution in [3.63, 3.8) is 0 Å². The number of rotatable bonds is 8. The Balaban J connectivity index is 2.02. The standard InChI is InChI=1S/C21H23NO2/c1-2-20(15-22)21(23)24-16-19(13-17-9-5-3-6-10-17)14-18-11-7-4-8-12-18/h3-12,19-20H,2,13-14,16H2,1H3. The van der Waals surface area contributed by atoms with Gasteiger partial charge >= 0.3 is 5.97 Å². The first-order chi connectivity index (χ1) is 11.7. The van der Waals surface area contributed by atoms with Crippen molar-refractivity contribution in [1.82, 2.24) is 0 Å². The molecule has 0 aliphatic heterocycles. The Morgan fingerprint density at radius 3 is 1.92 bits per heavy atom. The first-order valence-corrected chi connectivity index (χ1v) is 8.37. The van der Waals surface area contributed by atoms with E-state index in [0.717, 1.165) is 12.8 Å². The molecule has 2 rings (SSSR count). The van der Waals surface area contributed by atoms with Crippen LogP contribution < -0.4 is 0 Å². The van der Waals surface area contributed by atoms with Crippen LogP contribution in [0.15, 0.2) is 60.7 Å². The van der Waals surface area contributed by atoms with Crippen LogP contribution in [0.1, 0.15) is 24.5 Å². The number of carbonyl (C=O) groups excluding carboxylic acids is 1. The topological polar surface area (TPSA) is 50.1 Å². The molecule has 3 nitrogen and oxygen atoms in total. The zero-order valence-electron chi connectivity index (χ0n) is 14.0. The van der Waals surface area contributed by atoms with Gasteiger partial charge in [0.15, 0.2) is 0 Å². The van der Waals surface area contributed by atoms with Gasteiger partial charge in [0, 0.05) is 5.92 Å². The summed E-state index contributed by atoms with van der Waals surface area (Å²) in [6.07, 6.45) is 2.16. The Morgan fingerprint density at radius 1 is 1.00 bits per heavy atom. The third-order valence-corrected chi connectivity index (χ3v) is 4.04. The van der Waals surface area contributed by atoms with Gasteiger partial charge in [-0.3, -0.25) is 4.79 Å². The van der Waals surface area contributed by atoms with Gasteiger partial charge in [-0.05, 0) is 30.4 Å². The van der Waals surface area contributed by atoms with Gasteiger partial charge in [0.25, 0.3) is 0 Å². The number of hydrogen-bond acceptors (Lipinski definition) is 3. The molecule has 0 aromatic heterocycles. The van der Waals surface area contributed by atoms with E-state index in [1.54, 1.807) is 0 Å². The number of carbonyl (C=O) groups is 1. The lowest BCUT2D eigenvalue weighted by atomic mass is 9.93. The summed E-state index contributed by atoms with van der Waals surface area (Å²) in [7, 11) is 0. The maximum Gasteiger partial charge on any atom is 0.323 e. The maximum absolute atomic E-state index is 12.0. The van der Waals surface area contributed by atoms with E-state index >= 15 is 0 Å². The molecule has 2 aromatic rings. The molecule has 1 unspecified atom stereocenters. The Morgan fingerprint density at radius 2 is 1.50 bits per heavy atom. The highest BCUT2D eigenvalue weighted by molar-refractivity contribution is 5.75. The largest absolute Gasteiger partial charge is 0.464 e. The Labute approximate surface area is 143 Å². The van der Waals surface area contributed by atoms with Gasteiger partial charge in [-0.2, -0.15) is 5.26 Å². The Bertz CT molecular complexity index is 620. The van der Waals surface area contributed by atoms with E-state index in [1.807, 2.05) is 49.4 Å². The van der Waals surface area contributed by atoms with Crippen LogP contribution in [-0.2, 0) is 22.4 Å². The second-order valence-corrected chi connectivity index (χ2v) is 5.97. The van der Waals surface area contributed by atoms with Gasteiger partial charge in [-0.1, -0.05) is 67.6 Å². The fourth-order valence-corrected chi connectivity index (χ4v) is 2.70. The van der Waals surface area contributed by atoms with E-state index in [0.29, 0.717) is 13.0 Å². The lowest BCUT2D eigenvalue weighted by molar-refractivity contribution is -0.148. The lowest BCUT2D eigenvalue weighted by Crippen LogP contribution is -2.22. The molecule has 24 heavy (non-hydrogen) atoms. The van der Waals surface area contributed by atoms with Crippen molar-refractivity contribution in [2.24, 2.45) is 11.8 Å². The molecule has 0 saturated carbocycles. The maximum atomic E-state index is 12.0. The average Bonchev–Trinajstić information content (AvgIpc) is 2.62. The summed E-state index contributed by atoms with van der Waals surface area (Å²) >= 11 is 0. The number of nitriles is 1. The summed E-state index contributed by atoms with van der Waals surface area (Å²) in [5.41, 5.74) is 2.45. The molecule has 2 aromatic carbocycles. The second kappa shape index (κ2) is 9.52. The van der Waals surface area contributed by atoms with Crippen LogP contribution in [0.2, 0.25) is 0 Å². The van der Waals surface area contributed by atoms with Crippen LogP contribution >= 0.6 is 0 Å². The van der Waals surface area contributed by atoms with E-state index in [4.69, 9.17) is 10.00 Å². The quantitative estimate of drug-likeness (QED) is 0.685. The van der Waals surface area contributed by atoms with E-state index in [-0.39, 0.29) is 5.92 Å². The molecule has 0 radical (unpaired) electrons. The Hall–Kier alpha value is -2.60. The van der Waals surface area contributed by atoms with Crippen molar-refractivity contribution in [1.29, 1.82) is 5.26 Å². The van der Waals surface area contributed by atoms with Gasteiger partial charge in [-0.25, -0.2) is 0 Å². The third kappa shape index (κ3) is 5.55. The smallest absolute Gasteiger partial charge is 0.323 e. The third-order valence-electron chi connectivity index (χ3n) is 4.04. The first kappa shape index (κ1) is 17.7. The van der Waals surface area contributed by atoms with E-state index in [9.17, 15) is 4.79 Å². The number of hydrogen-bond donors (Lipinski definition) is 0.